The van der Waals surface area contributed by atoms with Crippen molar-refractivity contribution < 1.29 is 9.59 Å². The van der Waals surface area contributed by atoms with Gasteiger partial charge in [0.15, 0.2) is 0 Å². The van der Waals surface area contributed by atoms with Gasteiger partial charge in [-0.15, -0.1) is 12.3 Å². The van der Waals surface area contributed by atoms with Gasteiger partial charge in [0, 0.05) is 25.9 Å². The summed E-state index contributed by atoms with van der Waals surface area (Å²) in [7, 11) is 0. The first-order valence-corrected chi connectivity index (χ1v) is 7.24. The van der Waals surface area contributed by atoms with E-state index in [2.05, 4.69) is 11.2 Å². The number of rotatable bonds is 3. The predicted octanol–water partition coefficient (Wildman–Crippen LogP) is 1.31. The maximum atomic E-state index is 12.5. The summed E-state index contributed by atoms with van der Waals surface area (Å²) in [6.07, 6.45) is 11.9. The van der Waals surface area contributed by atoms with E-state index >= 15 is 0 Å². The van der Waals surface area contributed by atoms with Crippen LogP contribution in [0.15, 0.2) is 0 Å². The molecule has 2 amide bonds. The fourth-order valence-corrected chi connectivity index (χ4v) is 3.06. The number of nitrogens with one attached hydrogen (secondary N) is 1. The quantitative estimate of drug-likeness (QED) is 0.780. The monoisotopic (exact) mass is 262 g/mol. The van der Waals surface area contributed by atoms with Gasteiger partial charge >= 0.3 is 0 Å². The first-order chi connectivity index (χ1) is 9.22. The lowest BCUT2D eigenvalue weighted by atomic mass is 9.83. The molecule has 0 bridgehead atoms. The van der Waals surface area contributed by atoms with Gasteiger partial charge in [-0.3, -0.25) is 9.59 Å². The lowest BCUT2D eigenvalue weighted by Crippen LogP contribution is -2.49. The normalized spacial score (nSPS) is 25.6. The molecule has 1 aliphatic heterocycles. The third-order valence-corrected chi connectivity index (χ3v) is 4.15. The Morgan fingerprint density at radius 3 is 2.68 bits per heavy atom. The first-order valence-electron chi connectivity index (χ1n) is 7.24. The van der Waals surface area contributed by atoms with Crippen molar-refractivity contribution in [1.29, 1.82) is 0 Å². The molecule has 1 heterocycles. The number of terminal acetylenes is 1. The average Bonchev–Trinajstić information content (AvgIpc) is 2.58. The van der Waals surface area contributed by atoms with E-state index in [-0.39, 0.29) is 17.9 Å². The molecule has 104 valence electrons. The van der Waals surface area contributed by atoms with Crippen LogP contribution in [0.2, 0.25) is 0 Å². The van der Waals surface area contributed by atoms with Crippen molar-refractivity contribution in [1.82, 2.24) is 10.2 Å². The van der Waals surface area contributed by atoms with Crippen LogP contribution in [0.4, 0.5) is 0 Å². The Morgan fingerprint density at radius 2 is 2.00 bits per heavy atom. The Balaban J connectivity index is 2.07. The molecular weight excluding hydrogens is 240 g/mol. The topological polar surface area (TPSA) is 49.4 Å². The molecule has 2 rings (SSSR count). The van der Waals surface area contributed by atoms with Crippen LogP contribution in [-0.2, 0) is 9.59 Å². The fraction of sp³-hybridized carbons (Fsp3) is 0.733. The summed E-state index contributed by atoms with van der Waals surface area (Å²) in [6, 6.07) is -0.326. The zero-order chi connectivity index (χ0) is 13.7. The van der Waals surface area contributed by atoms with E-state index in [1.54, 1.807) is 4.90 Å². The standard InChI is InChI=1S/C15H22N2O2/c1-2-3-10-17-11-9-13(18)16-14(15(17)19)12-7-5-4-6-8-12/h1,12,14H,3-11H2,(H,16,18). The van der Waals surface area contributed by atoms with Gasteiger partial charge in [0.25, 0.3) is 0 Å². The maximum Gasteiger partial charge on any atom is 0.245 e. The van der Waals surface area contributed by atoms with E-state index in [1.807, 2.05) is 0 Å². The van der Waals surface area contributed by atoms with Crippen LogP contribution in [0.5, 0.6) is 0 Å². The van der Waals surface area contributed by atoms with E-state index < -0.39 is 0 Å². The lowest BCUT2D eigenvalue weighted by molar-refractivity contribution is -0.135. The maximum absolute atomic E-state index is 12.5. The number of hydrogen-bond donors (Lipinski definition) is 1. The van der Waals surface area contributed by atoms with Crippen LogP contribution in [0.1, 0.15) is 44.9 Å². The molecule has 1 aliphatic carbocycles. The highest BCUT2D eigenvalue weighted by Gasteiger charge is 2.35. The van der Waals surface area contributed by atoms with E-state index in [9.17, 15) is 9.59 Å². The molecule has 4 nitrogen and oxygen atoms in total. The van der Waals surface area contributed by atoms with Gasteiger partial charge in [0.05, 0.1) is 0 Å². The van der Waals surface area contributed by atoms with Crippen molar-refractivity contribution in [2.24, 2.45) is 5.92 Å². The summed E-state index contributed by atoms with van der Waals surface area (Å²) in [5.74, 6) is 2.92. The smallest absolute Gasteiger partial charge is 0.245 e. The molecule has 1 saturated carbocycles. The molecular formula is C15H22N2O2. The van der Waals surface area contributed by atoms with Crippen LogP contribution in [-0.4, -0.2) is 35.8 Å². The van der Waals surface area contributed by atoms with Gasteiger partial charge < -0.3 is 10.2 Å². The van der Waals surface area contributed by atoms with Crippen LogP contribution in [0.3, 0.4) is 0 Å². The minimum atomic E-state index is -0.326. The molecule has 2 fully saturated rings. The zero-order valence-corrected chi connectivity index (χ0v) is 11.4. The molecule has 1 atom stereocenters. The second-order valence-electron chi connectivity index (χ2n) is 5.47. The lowest BCUT2D eigenvalue weighted by Gasteiger charge is -2.31. The van der Waals surface area contributed by atoms with Crippen molar-refractivity contribution in [2.45, 2.75) is 51.0 Å². The van der Waals surface area contributed by atoms with Crippen LogP contribution in [0.25, 0.3) is 0 Å². The number of amides is 2. The van der Waals surface area contributed by atoms with Crippen LogP contribution < -0.4 is 5.32 Å². The van der Waals surface area contributed by atoms with Crippen molar-refractivity contribution in [3.8, 4) is 12.3 Å². The summed E-state index contributed by atoms with van der Waals surface area (Å²) in [6.45, 7) is 1.06. The second kappa shape index (κ2) is 6.60. The van der Waals surface area contributed by atoms with Crippen LogP contribution >= 0.6 is 0 Å². The first kappa shape index (κ1) is 13.9. The van der Waals surface area contributed by atoms with Gasteiger partial charge in [-0.2, -0.15) is 0 Å². The highest BCUT2D eigenvalue weighted by Crippen LogP contribution is 2.28. The Kier molecular flexibility index (Phi) is 4.84. The van der Waals surface area contributed by atoms with Gasteiger partial charge in [-0.1, -0.05) is 19.3 Å². The molecule has 4 heteroatoms. The van der Waals surface area contributed by atoms with E-state index in [1.165, 1.54) is 6.42 Å². The summed E-state index contributed by atoms with van der Waals surface area (Å²) in [5, 5.41) is 2.92. The Labute approximate surface area is 114 Å². The molecule has 0 aromatic heterocycles. The summed E-state index contributed by atoms with van der Waals surface area (Å²) in [5.41, 5.74) is 0. The van der Waals surface area contributed by atoms with Gasteiger partial charge in [-0.05, 0) is 18.8 Å². The molecule has 0 aromatic rings. The zero-order valence-electron chi connectivity index (χ0n) is 11.4. The minimum absolute atomic E-state index is 0.00729. The predicted molar refractivity (Wildman–Crippen MR) is 73.2 cm³/mol. The molecule has 2 aliphatic rings. The van der Waals surface area contributed by atoms with Gasteiger partial charge in [-0.25, -0.2) is 0 Å². The highest BCUT2D eigenvalue weighted by molar-refractivity contribution is 5.90. The van der Waals surface area contributed by atoms with E-state index in [4.69, 9.17) is 6.42 Å². The molecule has 0 radical (unpaired) electrons. The Hall–Kier alpha value is -1.50. The van der Waals surface area contributed by atoms with Crippen LogP contribution in [0, 0.1) is 18.3 Å². The number of nitrogens with zero attached hydrogens (tertiary/aromatic N) is 1. The molecule has 1 saturated heterocycles. The summed E-state index contributed by atoms with van der Waals surface area (Å²) in [4.78, 5) is 26.1. The van der Waals surface area contributed by atoms with Crippen molar-refractivity contribution in [2.75, 3.05) is 13.1 Å². The Bertz CT molecular complexity index is 380. The van der Waals surface area contributed by atoms with E-state index in [0.717, 1.165) is 25.7 Å². The fourth-order valence-electron chi connectivity index (χ4n) is 3.06. The average molecular weight is 262 g/mol. The van der Waals surface area contributed by atoms with E-state index in [0.29, 0.717) is 31.8 Å². The van der Waals surface area contributed by atoms with Crippen molar-refractivity contribution in [3.63, 3.8) is 0 Å². The highest BCUT2D eigenvalue weighted by atomic mass is 16.2. The van der Waals surface area contributed by atoms with Gasteiger partial charge in [0.2, 0.25) is 11.8 Å². The number of hydrogen-bond acceptors (Lipinski definition) is 2. The van der Waals surface area contributed by atoms with Crippen molar-refractivity contribution >= 4 is 11.8 Å². The Morgan fingerprint density at radius 1 is 1.26 bits per heavy atom. The largest absolute Gasteiger partial charge is 0.344 e. The minimum Gasteiger partial charge on any atom is -0.344 e. The number of carbonyl (C=O) groups is 2. The second-order valence-corrected chi connectivity index (χ2v) is 5.47. The molecule has 0 aromatic carbocycles. The third kappa shape index (κ3) is 3.50. The molecule has 1 unspecified atom stereocenters. The van der Waals surface area contributed by atoms with Crippen molar-refractivity contribution in [3.05, 3.63) is 0 Å². The SMILES string of the molecule is C#CCCN1CCC(=O)NC(C2CCCCC2)C1=O. The molecule has 0 spiro atoms. The molecule has 19 heavy (non-hydrogen) atoms. The van der Waals surface area contributed by atoms with Gasteiger partial charge in [0.1, 0.15) is 6.04 Å². The number of carbonyl (C=O) groups excluding carboxylic acids is 2. The summed E-state index contributed by atoms with van der Waals surface area (Å²) < 4.78 is 0. The summed E-state index contributed by atoms with van der Waals surface area (Å²) >= 11 is 0. The molecule has 1 N–H and O–H groups in total. The third-order valence-electron chi connectivity index (χ3n) is 4.15.